The van der Waals surface area contributed by atoms with Gasteiger partial charge in [0.15, 0.2) is 0 Å². The fourth-order valence-electron chi connectivity index (χ4n) is 3.84. The van der Waals surface area contributed by atoms with Gasteiger partial charge in [-0.3, -0.25) is 0 Å². The van der Waals surface area contributed by atoms with Crippen LogP contribution in [0.25, 0.3) is 0 Å². The molecule has 0 saturated heterocycles. The van der Waals surface area contributed by atoms with Gasteiger partial charge in [0.25, 0.3) is 0 Å². The van der Waals surface area contributed by atoms with Crippen molar-refractivity contribution < 1.29 is 5.11 Å². The zero-order valence-electron chi connectivity index (χ0n) is 14.1. The molecule has 1 aliphatic rings. The molecule has 20 heavy (non-hydrogen) atoms. The summed E-state index contributed by atoms with van der Waals surface area (Å²) >= 11 is 0. The van der Waals surface area contributed by atoms with Crippen molar-refractivity contribution in [3.63, 3.8) is 0 Å². The summed E-state index contributed by atoms with van der Waals surface area (Å²) in [6, 6.07) is 0.693. The maximum atomic E-state index is 8.82. The van der Waals surface area contributed by atoms with Crippen LogP contribution in [-0.4, -0.2) is 49.3 Å². The molecular formula is C17H36N2O. The molecule has 0 aromatic rings. The minimum Gasteiger partial charge on any atom is -0.396 e. The van der Waals surface area contributed by atoms with Gasteiger partial charge in [-0.25, -0.2) is 0 Å². The lowest BCUT2D eigenvalue weighted by molar-refractivity contribution is 0.111. The SMILES string of the molecule is CCNC1CC(C)CC(C)C1CN(C)CCCCCO. The highest BCUT2D eigenvalue weighted by Crippen LogP contribution is 2.34. The van der Waals surface area contributed by atoms with E-state index in [0.29, 0.717) is 12.6 Å². The van der Waals surface area contributed by atoms with E-state index in [-0.39, 0.29) is 0 Å². The Hall–Kier alpha value is -0.120. The maximum Gasteiger partial charge on any atom is 0.0431 e. The first-order chi connectivity index (χ1) is 9.58. The molecule has 3 nitrogen and oxygen atoms in total. The summed E-state index contributed by atoms with van der Waals surface area (Å²) in [5, 5.41) is 12.5. The average Bonchev–Trinajstić information content (AvgIpc) is 2.39. The van der Waals surface area contributed by atoms with Crippen LogP contribution in [0.15, 0.2) is 0 Å². The molecule has 0 aliphatic heterocycles. The molecule has 3 heteroatoms. The molecule has 0 radical (unpaired) electrons. The molecule has 0 aromatic heterocycles. The molecule has 1 saturated carbocycles. The highest BCUT2D eigenvalue weighted by atomic mass is 16.2. The van der Waals surface area contributed by atoms with E-state index in [0.717, 1.165) is 43.7 Å². The molecule has 4 unspecified atom stereocenters. The number of aliphatic hydroxyl groups excluding tert-OH is 1. The Morgan fingerprint density at radius 3 is 2.55 bits per heavy atom. The van der Waals surface area contributed by atoms with Crippen molar-refractivity contribution in [1.82, 2.24) is 10.2 Å². The third-order valence-electron chi connectivity index (χ3n) is 4.86. The summed E-state index contributed by atoms with van der Waals surface area (Å²) in [6.45, 7) is 10.9. The zero-order valence-corrected chi connectivity index (χ0v) is 14.1. The van der Waals surface area contributed by atoms with Crippen LogP contribution in [0.4, 0.5) is 0 Å². The van der Waals surface area contributed by atoms with E-state index in [2.05, 4.69) is 38.0 Å². The number of unbranched alkanes of at least 4 members (excludes halogenated alkanes) is 2. The summed E-state index contributed by atoms with van der Waals surface area (Å²) in [5.74, 6) is 2.47. The number of nitrogens with one attached hydrogen (secondary N) is 1. The summed E-state index contributed by atoms with van der Waals surface area (Å²) in [6.07, 6.45) is 6.02. The molecule has 0 amide bonds. The van der Waals surface area contributed by atoms with Crippen molar-refractivity contribution in [3.05, 3.63) is 0 Å². The molecule has 1 aliphatic carbocycles. The zero-order chi connectivity index (χ0) is 15.0. The van der Waals surface area contributed by atoms with Gasteiger partial charge in [-0.05, 0) is 70.0 Å². The van der Waals surface area contributed by atoms with Gasteiger partial charge in [-0.2, -0.15) is 0 Å². The van der Waals surface area contributed by atoms with Crippen LogP contribution in [0.1, 0.15) is 52.9 Å². The lowest BCUT2D eigenvalue weighted by Gasteiger charge is -2.42. The first kappa shape index (κ1) is 17.9. The lowest BCUT2D eigenvalue weighted by atomic mass is 9.72. The Morgan fingerprint density at radius 1 is 1.15 bits per heavy atom. The van der Waals surface area contributed by atoms with E-state index in [9.17, 15) is 0 Å². The topological polar surface area (TPSA) is 35.5 Å². The van der Waals surface area contributed by atoms with E-state index >= 15 is 0 Å². The highest BCUT2D eigenvalue weighted by Gasteiger charge is 2.33. The molecule has 1 fully saturated rings. The van der Waals surface area contributed by atoms with Crippen LogP contribution in [0, 0.1) is 17.8 Å². The molecule has 0 heterocycles. The normalized spacial score (nSPS) is 30.9. The van der Waals surface area contributed by atoms with E-state index in [4.69, 9.17) is 5.11 Å². The van der Waals surface area contributed by atoms with Crippen LogP contribution in [0.5, 0.6) is 0 Å². The van der Waals surface area contributed by atoms with Crippen LogP contribution in [-0.2, 0) is 0 Å². The minimum atomic E-state index is 0.337. The summed E-state index contributed by atoms with van der Waals surface area (Å²) < 4.78 is 0. The Bertz CT molecular complexity index is 247. The van der Waals surface area contributed by atoms with E-state index in [1.54, 1.807) is 0 Å². The van der Waals surface area contributed by atoms with Crippen molar-refractivity contribution in [1.29, 1.82) is 0 Å². The molecule has 0 bridgehead atoms. The predicted molar refractivity (Wildman–Crippen MR) is 87.0 cm³/mol. The average molecular weight is 284 g/mol. The summed E-state index contributed by atoms with van der Waals surface area (Å²) in [5.41, 5.74) is 0. The predicted octanol–water partition coefficient (Wildman–Crippen LogP) is 2.74. The molecule has 0 spiro atoms. The second-order valence-electron chi connectivity index (χ2n) is 6.93. The maximum absolute atomic E-state index is 8.82. The fraction of sp³-hybridized carbons (Fsp3) is 1.00. The molecule has 4 atom stereocenters. The van der Waals surface area contributed by atoms with Gasteiger partial charge in [-0.1, -0.05) is 20.8 Å². The third kappa shape index (κ3) is 6.11. The first-order valence-electron chi connectivity index (χ1n) is 8.61. The van der Waals surface area contributed by atoms with E-state index < -0.39 is 0 Å². The minimum absolute atomic E-state index is 0.337. The quantitative estimate of drug-likeness (QED) is 0.639. The van der Waals surface area contributed by atoms with Crippen molar-refractivity contribution in [2.45, 2.75) is 58.9 Å². The van der Waals surface area contributed by atoms with E-state index in [1.807, 2.05) is 0 Å². The van der Waals surface area contributed by atoms with Gasteiger partial charge in [0.2, 0.25) is 0 Å². The second-order valence-corrected chi connectivity index (χ2v) is 6.93. The van der Waals surface area contributed by atoms with Crippen LogP contribution in [0.2, 0.25) is 0 Å². The highest BCUT2D eigenvalue weighted by molar-refractivity contribution is 4.88. The molecular weight excluding hydrogens is 248 g/mol. The van der Waals surface area contributed by atoms with Gasteiger partial charge in [0, 0.05) is 19.2 Å². The Kier molecular flexibility index (Phi) is 8.74. The van der Waals surface area contributed by atoms with Crippen LogP contribution >= 0.6 is 0 Å². The molecule has 2 N–H and O–H groups in total. The van der Waals surface area contributed by atoms with Crippen LogP contribution < -0.4 is 5.32 Å². The largest absolute Gasteiger partial charge is 0.396 e. The molecule has 120 valence electrons. The standard InChI is InChI=1S/C17H36N2O/c1-5-18-17-12-14(2)11-15(3)16(17)13-19(4)9-7-6-8-10-20/h14-18,20H,5-13H2,1-4H3. The van der Waals surface area contributed by atoms with Crippen molar-refractivity contribution >= 4 is 0 Å². The Morgan fingerprint density at radius 2 is 1.90 bits per heavy atom. The second kappa shape index (κ2) is 9.75. The molecule has 0 aromatic carbocycles. The van der Waals surface area contributed by atoms with Gasteiger partial charge in [0.1, 0.15) is 0 Å². The fourth-order valence-corrected chi connectivity index (χ4v) is 3.84. The van der Waals surface area contributed by atoms with Gasteiger partial charge >= 0.3 is 0 Å². The van der Waals surface area contributed by atoms with Gasteiger partial charge in [-0.15, -0.1) is 0 Å². The monoisotopic (exact) mass is 284 g/mol. The van der Waals surface area contributed by atoms with Gasteiger partial charge in [0.05, 0.1) is 0 Å². The third-order valence-corrected chi connectivity index (χ3v) is 4.86. The molecule has 1 rings (SSSR count). The van der Waals surface area contributed by atoms with Crippen molar-refractivity contribution in [3.8, 4) is 0 Å². The Labute approximate surface area is 126 Å². The van der Waals surface area contributed by atoms with Crippen LogP contribution in [0.3, 0.4) is 0 Å². The lowest BCUT2D eigenvalue weighted by Crippen LogP contribution is -2.48. The van der Waals surface area contributed by atoms with Gasteiger partial charge < -0.3 is 15.3 Å². The number of aliphatic hydroxyl groups is 1. The van der Waals surface area contributed by atoms with Crippen molar-refractivity contribution in [2.75, 3.05) is 33.3 Å². The van der Waals surface area contributed by atoms with E-state index in [1.165, 1.54) is 25.8 Å². The van der Waals surface area contributed by atoms with Crippen molar-refractivity contribution in [2.24, 2.45) is 17.8 Å². The number of nitrogens with zero attached hydrogens (tertiary/aromatic N) is 1. The summed E-state index contributed by atoms with van der Waals surface area (Å²) in [7, 11) is 2.26. The number of rotatable bonds is 9. The summed E-state index contributed by atoms with van der Waals surface area (Å²) in [4.78, 5) is 2.50. The smallest absolute Gasteiger partial charge is 0.0431 e. The number of hydrogen-bond acceptors (Lipinski definition) is 3. The Balaban J connectivity index is 2.40. The first-order valence-corrected chi connectivity index (χ1v) is 8.61. The number of hydrogen-bond donors (Lipinski definition) is 2.